The first-order valence-corrected chi connectivity index (χ1v) is 17.4. The smallest absolute Gasteiger partial charge is 0.220 e. The molecule has 5 rings (SSSR count). The lowest BCUT2D eigenvalue weighted by molar-refractivity contribution is -0.268. The molecule has 1 fully saturated rings. The van der Waals surface area contributed by atoms with Gasteiger partial charge in [0.2, 0.25) is 17.0 Å². The number of hydrogen-bond acceptors (Lipinski definition) is 9. The van der Waals surface area contributed by atoms with E-state index in [1.54, 1.807) is 16.4 Å². The summed E-state index contributed by atoms with van der Waals surface area (Å²) in [6.45, 7) is 4.72. The number of aromatic nitrogens is 4. The molecule has 48 heavy (non-hydrogen) atoms. The number of nitrogens with one attached hydrogen (secondary N) is 2. The largest absolute Gasteiger partial charge is 0.392 e. The third-order valence-electron chi connectivity index (χ3n) is 8.44. The average Bonchev–Trinajstić information content (AvgIpc) is 3.52. The van der Waals surface area contributed by atoms with Crippen molar-refractivity contribution < 1.29 is 24.2 Å². The third kappa shape index (κ3) is 9.72. The van der Waals surface area contributed by atoms with Crippen LogP contribution in [0.4, 0.5) is 0 Å². The van der Waals surface area contributed by atoms with Gasteiger partial charge in [-0.05, 0) is 63.2 Å². The Kier molecular flexibility index (Phi) is 12.7. The molecule has 0 aliphatic carbocycles. The summed E-state index contributed by atoms with van der Waals surface area (Å²) in [6, 6.07) is 24.2. The van der Waals surface area contributed by atoms with Crippen molar-refractivity contribution in [3.63, 3.8) is 0 Å². The normalized spacial score (nSPS) is 19.2. The van der Waals surface area contributed by atoms with E-state index < -0.39 is 6.29 Å². The lowest BCUT2D eigenvalue weighted by Gasteiger charge is -2.41. The number of aliphatic hydroxyl groups excluding tert-OH is 1. The Morgan fingerprint density at radius 2 is 1.69 bits per heavy atom. The monoisotopic (exact) mass is 672 g/mol. The Morgan fingerprint density at radius 1 is 0.917 bits per heavy atom. The predicted octanol–water partition coefficient (Wildman–Crippen LogP) is 5.27. The number of aryl methyl sites for hydroxylation is 1. The number of nitrogens with zero attached hydrogens (tertiary/aromatic N) is 4. The van der Waals surface area contributed by atoms with E-state index in [0.29, 0.717) is 25.3 Å². The number of ether oxygens (including phenoxy) is 2. The van der Waals surface area contributed by atoms with Gasteiger partial charge in [-0.1, -0.05) is 85.8 Å². The minimum atomic E-state index is -0.604. The molecule has 1 saturated heterocycles. The van der Waals surface area contributed by atoms with Crippen LogP contribution in [-0.2, 0) is 39.3 Å². The van der Waals surface area contributed by atoms with Gasteiger partial charge in [0.1, 0.15) is 0 Å². The highest BCUT2D eigenvalue weighted by molar-refractivity contribution is 7.99. The van der Waals surface area contributed by atoms with Crippen molar-refractivity contribution in [2.45, 2.75) is 76.3 Å². The van der Waals surface area contributed by atoms with Crippen LogP contribution in [0.25, 0.3) is 11.1 Å². The Bertz CT molecular complexity index is 1650. The molecule has 12 heteroatoms. The number of carbonyl (C=O) groups is 2. The van der Waals surface area contributed by atoms with Crippen molar-refractivity contribution in [3.8, 4) is 11.1 Å². The number of carbonyl (C=O) groups excluding carboxylic acids is 2. The van der Waals surface area contributed by atoms with E-state index in [9.17, 15) is 14.7 Å². The molecule has 1 aromatic heterocycles. The second-order valence-electron chi connectivity index (χ2n) is 12.1. The van der Waals surface area contributed by atoms with Crippen molar-refractivity contribution in [1.29, 1.82) is 0 Å². The van der Waals surface area contributed by atoms with Gasteiger partial charge in [0.25, 0.3) is 0 Å². The Labute approximate surface area is 285 Å². The summed E-state index contributed by atoms with van der Waals surface area (Å²) >= 11 is 1.55. The first-order valence-electron chi connectivity index (χ1n) is 16.4. The van der Waals surface area contributed by atoms with Gasteiger partial charge in [0, 0.05) is 50.7 Å². The summed E-state index contributed by atoms with van der Waals surface area (Å²) in [6.07, 6.45) is 2.02. The summed E-state index contributed by atoms with van der Waals surface area (Å²) in [5.74, 6) is 0.671. The van der Waals surface area contributed by atoms with Gasteiger partial charge in [-0.2, -0.15) is 0 Å². The van der Waals surface area contributed by atoms with Crippen molar-refractivity contribution >= 4 is 23.6 Å². The fraction of sp³-hybridized carbons (Fsp3) is 0.417. The average molecular weight is 673 g/mol. The van der Waals surface area contributed by atoms with E-state index >= 15 is 0 Å². The first-order chi connectivity index (χ1) is 23.3. The maximum atomic E-state index is 12.4. The van der Waals surface area contributed by atoms with Crippen LogP contribution in [0.1, 0.15) is 74.2 Å². The fourth-order valence-electron chi connectivity index (χ4n) is 5.68. The summed E-state index contributed by atoms with van der Waals surface area (Å²) in [4.78, 5) is 23.4. The molecule has 0 spiro atoms. The van der Waals surface area contributed by atoms with E-state index in [0.717, 1.165) is 57.8 Å². The number of thioether (sulfide) groups is 1. The van der Waals surface area contributed by atoms with Crippen molar-refractivity contribution in [3.05, 3.63) is 95.1 Å². The Balaban J connectivity index is 1.26. The van der Waals surface area contributed by atoms with Crippen molar-refractivity contribution in [2.75, 3.05) is 12.3 Å². The zero-order chi connectivity index (χ0) is 33.9. The molecule has 0 radical (unpaired) electrons. The summed E-state index contributed by atoms with van der Waals surface area (Å²) in [7, 11) is 1.82. The minimum Gasteiger partial charge on any atom is -0.392 e. The second-order valence-corrected chi connectivity index (χ2v) is 13.1. The van der Waals surface area contributed by atoms with Crippen LogP contribution in [0.15, 0.2) is 78.0 Å². The number of amides is 2. The number of tetrazole rings is 1. The van der Waals surface area contributed by atoms with Crippen LogP contribution in [0.2, 0.25) is 0 Å². The molecular formula is C36H44N6O5S. The van der Waals surface area contributed by atoms with Crippen LogP contribution in [0.3, 0.4) is 0 Å². The SMILES string of the molecule is CC(=O)NCCCCCC(=O)NCc1cccc(-c2cccc([C@@H]3O[C@H](CSc4nnnn4C)[C@H](C)[C@H](c4ccc(CO)cc4)O3)c2)c1. The molecule has 2 heterocycles. The molecule has 3 aromatic carbocycles. The number of unbranched alkanes of at least 4 members (excludes halogenated alkanes) is 2. The highest BCUT2D eigenvalue weighted by Gasteiger charge is 2.38. The summed E-state index contributed by atoms with van der Waals surface area (Å²) < 4.78 is 15.0. The second kappa shape index (κ2) is 17.3. The Hall–Kier alpha value is -4.10. The molecular weight excluding hydrogens is 629 g/mol. The van der Waals surface area contributed by atoms with Crippen LogP contribution in [0, 0.1) is 5.92 Å². The topological polar surface area (TPSA) is 140 Å². The zero-order valence-electron chi connectivity index (χ0n) is 27.7. The number of benzene rings is 3. The van der Waals surface area contributed by atoms with Crippen LogP contribution in [0.5, 0.6) is 0 Å². The molecule has 2 amide bonds. The Morgan fingerprint density at radius 3 is 2.42 bits per heavy atom. The van der Waals surface area contributed by atoms with Crippen LogP contribution >= 0.6 is 11.8 Å². The predicted molar refractivity (Wildman–Crippen MR) is 183 cm³/mol. The zero-order valence-corrected chi connectivity index (χ0v) is 28.5. The molecule has 0 saturated carbocycles. The highest BCUT2D eigenvalue weighted by atomic mass is 32.2. The van der Waals surface area contributed by atoms with Gasteiger partial charge in [0.15, 0.2) is 6.29 Å². The van der Waals surface area contributed by atoms with Gasteiger partial charge >= 0.3 is 0 Å². The van der Waals surface area contributed by atoms with Gasteiger partial charge < -0.3 is 25.2 Å². The third-order valence-corrected chi connectivity index (χ3v) is 9.54. The fourth-order valence-corrected chi connectivity index (χ4v) is 6.69. The lowest BCUT2D eigenvalue weighted by atomic mass is 9.91. The molecule has 0 bridgehead atoms. The summed E-state index contributed by atoms with van der Waals surface area (Å²) in [5.41, 5.74) is 5.84. The molecule has 4 atom stereocenters. The quantitative estimate of drug-likeness (QED) is 0.114. The van der Waals surface area contributed by atoms with E-state index in [1.165, 1.54) is 6.92 Å². The van der Waals surface area contributed by atoms with Crippen molar-refractivity contribution in [1.82, 2.24) is 30.8 Å². The van der Waals surface area contributed by atoms with Gasteiger partial charge in [-0.25, -0.2) is 4.68 Å². The molecule has 3 N–H and O–H groups in total. The van der Waals surface area contributed by atoms with E-state index in [4.69, 9.17) is 9.47 Å². The minimum absolute atomic E-state index is 0.0133. The number of hydrogen-bond donors (Lipinski definition) is 3. The molecule has 0 unspecified atom stereocenters. The van der Waals surface area contributed by atoms with Crippen molar-refractivity contribution in [2.24, 2.45) is 13.0 Å². The summed E-state index contributed by atoms with van der Waals surface area (Å²) in [5, 5.41) is 27.9. The molecule has 254 valence electrons. The molecule has 1 aliphatic heterocycles. The van der Waals surface area contributed by atoms with Gasteiger partial charge in [-0.15, -0.1) is 5.10 Å². The van der Waals surface area contributed by atoms with E-state index in [2.05, 4.69) is 57.3 Å². The van der Waals surface area contributed by atoms with Crippen LogP contribution in [-0.4, -0.2) is 55.5 Å². The first kappa shape index (κ1) is 35.2. The standard InChI is InChI=1S/C36H44N6O5S/c1-24-32(23-48-36-39-40-41-42(36)3)46-35(47-34(24)28-16-14-26(22-43)15-17-28)31-12-8-11-30(20-31)29-10-7-9-27(19-29)21-38-33(45)13-5-4-6-18-37-25(2)44/h7-12,14-17,19-20,24,32,34-35,43H,4-6,13,18,21-23H2,1-3H3,(H,37,44)(H,38,45)/t24-,32+,34+,35+/m0/s1. The maximum absolute atomic E-state index is 12.4. The molecule has 4 aromatic rings. The molecule has 1 aliphatic rings. The highest BCUT2D eigenvalue weighted by Crippen LogP contribution is 2.43. The van der Waals surface area contributed by atoms with E-state index in [-0.39, 0.29) is 36.5 Å². The maximum Gasteiger partial charge on any atom is 0.220 e. The van der Waals surface area contributed by atoms with E-state index in [1.807, 2.05) is 55.6 Å². The van der Waals surface area contributed by atoms with Crippen LogP contribution < -0.4 is 10.6 Å². The molecule has 11 nitrogen and oxygen atoms in total. The van der Waals surface area contributed by atoms with Gasteiger partial charge in [0.05, 0.1) is 18.8 Å². The van der Waals surface area contributed by atoms with Gasteiger partial charge in [-0.3, -0.25) is 9.59 Å². The lowest BCUT2D eigenvalue weighted by Crippen LogP contribution is -2.38. The number of rotatable bonds is 15. The number of aliphatic hydroxyl groups is 1.